The number of likely N-dealkylation sites (tertiary alicyclic amines) is 1. The lowest BCUT2D eigenvalue weighted by molar-refractivity contribution is -0.121. The first-order valence-electron chi connectivity index (χ1n) is 9.98. The van der Waals surface area contributed by atoms with E-state index in [9.17, 15) is 9.59 Å². The van der Waals surface area contributed by atoms with Crippen LogP contribution in [0.3, 0.4) is 0 Å². The molecule has 28 heavy (non-hydrogen) atoms. The molecular weight excluding hydrogens is 378 g/mol. The van der Waals surface area contributed by atoms with Gasteiger partial charge in [-0.15, -0.1) is 0 Å². The molecule has 1 heterocycles. The van der Waals surface area contributed by atoms with Gasteiger partial charge in [0.2, 0.25) is 5.91 Å². The Kier molecular flexibility index (Phi) is 8.58. The van der Waals surface area contributed by atoms with E-state index in [0.717, 1.165) is 18.7 Å². The fourth-order valence-corrected chi connectivity index (χ4v) is 3.48. The van der Waals surface area contributed by atoms with Crippen LogP contribution in [-0.2, 0) is 9.53 Å². The van der Waals surface area contributed by atoms with Crippen molar-refractivity contribution in [2.45, 2.75) is 58.1 Å². The van der Waals surface area contributed by atoms with Crippen LogP contribution in [0.5, 0.6) is 0 Å². The topological polar surface area (TPSA) is 70.7 Å². The second kappa shape index (κ2) is 10.7. The van der Waals surface area contributed by atoms with Crippen molar-refractivity contribution in [3.05, 3.63) is 34.9 Å². The number of ether oxygens (including phenoxy) is 1. The summed E-state index contributed by atoms with van der Waals surface area (Å²) >= 11 is 6.16. The Hall–Kier alpha value is -1.79. The van der Waals surface area contributed by atoms with Gasteiger partial charge in [-0.05, 0) is 70.8 Å². The minimum absolute atomic E-state index is 0.0165. The Morgan fingerprint density at radius 3 is 2.57 bits per heavy atom. The number of rotatable bonds is 8. The van der Waals surface area contributed by atoms with Gasteiger partial charge in [0.15, 0.2) is 0 Å². The van der Waals surface area contributed by atoms with Crippen molar-refractivity contribution in [1.29, 1.82) is 0 Å². The van der Waals surface area contributed by atoms with Crippen LogP contribution in [0.25, 0.3) is 0 Å². The molecule has 0 spiro atoms. The normalized spacial score (nSPS) is 15.9. The fraction of sp³-hybridized carbons (Fsp3) is 0.619. The molecule has 2 N–H and O–H groups in total. The quantitative estimate of drug-likeness (QED) is 0.639. The summed E-state index contributed by atoms with van der Waals surface area (Å²) in [5.74, 6) is -0.0165. The predicted molar refractivity (Wildman–Crippen MR) is 111 cm³/mol. The number of amides is 2. The van der Waals surface area contributed by atoms with Crippen LogP contribution in [0, 0.1) is 0 Å². The molecule has 7 heteroatoms. The Bertz CT molecular complexity index is 655. The summed E-state index contributed by atoms with van der Waals surface area (Å²) in [6.07, 6.45) is 2.83. The Labute approximate surface area is 172 Å². The van der Waals surface area contributed by atoms with E-state index in [2.05, 4.69) is 21.6 Å². The molecule has 2 amide bonds. The average molecular weight is 410 g/mol. The molecule has 0 aromatic heterocycles. The summed E-state index contributed by atoms with van der Waals surface area (Å²) in [6.45, 7) is 8.48. The van der Waals surface area contributed by atoms with Gasteiger partial charge in [-0.2, -0.15) is 0 Å². The fourth-order valence-electron chi connectivity index (χ4n) is 3.28. The smallest absolute Gasteiger partial charge is 0.407 e. The molecule has 0 aliphatic carbocycles. The number of alkyl carbamates (subject to hydrolysis) is 1. The molecule has 1 fully saturated rings. The minimum Gasteiger partial charge on any atom is -0.444 e. The van der Waals surface area contributed by atoms with Crippen LogP contribution in [0.1, 0.15) is 58.1 Å². The Morgan fingerprint density at radius 2 is 1.93 bits per heavy atom. The van der Waals surface area contributed by atoms with E-state index in [0.29, 0.717) is 31.0 Å². The van der Waals surface area contributed by atoms with Crippen LogP contribution in [0.2, 0.25) is 5.02 Å². The summed E-state index contributed by atoms with van der Waals surface area (Å²) in [6, 6.07) is 7.98. The van der Waals surface area contributed by atoms with Crippen molar-refractivity contribution in [1.82, 2.24) is 15.5 Å². The SMILES string of the molecule is CC(C)(C)OC(=O)NCCCC(=O)NCC(c1cccc(Cl)c1)N1CCCC1. The standard InChI is InChI=1S/C21H32ClN3O3/c1-21(2,3)28-20(27)23-11-7-10-19(26)24-15-18(25-12-4-5-13-25)16-8-6-9-17(22)14-16/h6,8-9,14,18H,4-5,7,10-13,15H2,1-3H3,(H,23,27)(H,24,26). The number of benzene rings is 1. The van der Waals surface area contributed by atoms with Gasteiger partial charge in [0.25, 0.3) is 0 Å². The van der Waals surface area contributed by atoms with Crippen LogP contribution >= 0.6 is 11.6 Å². The lowest BCUT2D eigenvalue weighted by Gasteiger charge is -2.28. The molecule has 0 saturated carbocycles. The molecule has 1 aromatic carbocycles. The van der Waals surface area contributed by atoms with Gasteiger partial charge in [0.1, 0.15) is 5.60 Å². The number of nitrogens with one attached hydrogen (secondary N) is 2. The van der Waals surface area contributed by atoms with E-state index < -0.39 is 11.7 Å². The molecular formula is C21H32ClN3O3. The summed E-state index contributed by atoms with van der Waals surface area (Å²) in [7, 11) is 0. The monoisotopic (exact) mass is 409 g/mol. The summed E-state index contributed by atoms with van der Waals surface area (Å²) in [4.78, 5) is 26.2. The van der Waals surface area contributed by atoms with Crippen molar-refractivity contribution < 1.29 is 14.3 Å². The highest BCUT2D eigenvalue weighted by molar-refractivity contribution is 6.30. The maximum atomic E-state index is 12.2. The second-order valence-corrected chi connectivity index (χ2v) is 8.59. The van der Waals surface area contributed by atoms with Crippen molar-refractivity contribution >= 4 is 23.6 Å². The third kappa shape index (κ3) is 8.07. The summed E-state index contributed by atoms with van der Waals surface area (Å²) in [5, 5.41) is 6.42. The Balaban J connectivity index is 1.76. The molecule has 1 aliphatic heterocycles. The van der Waals surface area contributed by atoms with Gasteiger partial charge in [-0.3, -0.25) is 9.69 Å². The van der Waals surface area contributed by atoms with Crippen molar-refractivity contribution in [3.63, 3.8) is 0 Å². The molecule has 6 nitrogen and oxygen atoms in total. The number of hydrogen-bond acceptors (Lipinski definition) is 4. The van der Waals surface area contributed by atoms with Crippen LogP contribution in [-0.4, -0.2) is 48.7 Å². The first-order chi connectivity index (χ1) is 13.2. The number of carbonyl (C=O) groups is 2. The van der Waals surface area contributed by atoms with Gasteiger partial charge in [0, 0.05) is 24.5 Å². The number of carbonyl (C=O) groups excluding carboxylic acids is 2. The van der Waals surface area contributed by atoms with E-state index >= 15 is 0 Å². The average Bonchev–Trinajstić information content (AvgIpc) is 3.12. The number of nitrogens with zero attached hydrogens (tertiary/aromatic N) is 1. The highest BCUT2D eigenvalue weighted by Gasteiger charge is 2.24. The highest BCUT2D eigenvalue weighted by Crippen LogP contribution is 2.26. The van der Waals surface area contributed by atoms with E-state index in [1.54, 1.807) is 0 Å². The Morgan fingerprint density at radius 1 is 1.21 bits per heavy atom. The molecule has 1 unspecified atom stereocenters. The van der Waals surface area contributed by atoms with Crippen molar-refractivity contribution in [2.24, 2.45) is 0 Å². The third-order valence-corrected chi connectivity index (χ3v) is 4.79. The van der Waals surface area contributed by atoms with Gasteiger partial charge in [-0.1, -0.05) is 23.7 Å². The van der Waals surface area contributed by atoms with Gasteiger partial charge < -0.3 is 15.4 Å². The molecule has 1 aliphatic rings. The largest absolute Gasteiger partial charge is 0.444 e. The molecule has 1 atom stereocenters. The number of halogens is 1. The van der Waals surface area contributed by atoms with E-state index in [1.165, 1.54) is 12.8 Å². The maximum absolute atomic E-state index is 12.2. The van der Waals surface area contributed by atoms with E-state index in [4.69, 9.17) is 16.3 Å². The van der Waals surface area contributed by atoms with E-state index in [-0.39, 0.29) is 11.9 Å². The highest BCUT2D eigenvalue weighted by atomic mass is 35.5. The second-order valence-electron chi connectivity index (χ2n) is 8.15. The molecule has 1 saturated heterocycles. The van der Waals surface area contributed by atoms with Crippen LogP contribution in [0.15, 0.2) is 24.3 Å². The van der Waals surface area contributed by atoms with Crippen molar-refractivity contribution in [3.8, 4) is 0 Å². The maximum Gasteiger partial charge on any atom is 0.407 e. The first-order valence-corrected chi connectivity index (χ1v) is 10.4. The van der Waals surface area contributed by atoms with E-state index in [1.807, 2.05) is 39.0 Å². The minimum atomic E-state index is -0.521. The lowest BCUT2D eigenvalue weighted by Crippen LogP contribution is -2.37. The molecule has 2 rings (SSSR count). The molecule has 156 valence electrons. The zero-order valence-electron chi connectivity index (χ0n) is 17.1. The first kappa shape index (κ1) is 22.5. The lowest BCUT2D eigenvalue weighted by atomic mass is 10.1. The zero-order chi connectivity index (χ0) is 20.6. The van der Waals surface area contributed by atoms with Crippen molar-refractivity contribution in [2.75, 3.05) is 26.2 Å². The zero-order valence-corrected chi connectivity index (χ0v) is 17.8. The molecule has 0 radical (unpaired) electrons. The predicted octanol–water partition coefficient (Wildman–Crippen LogP) is 3.90. The third-order valence-electron chi connectivity index (χ3n) is 4.56. The van der Waals surface area contributed by atoms with Gasteiger partial charge in [-0.25, -0.2) is 4.79 Å². The van der Waals surface area contributed by atoms with Crippen LogP contribution in [0.4, 0.5) is 4.79 Å². The summed E-state index contributed by atoms with van der Waals surface area (Å²) < 4.78 is 5.17. The molecule has 1 aromatic rings. The number of hydrogen-bond donors (Lipinski definition) is 2. The summed E-state index contributed by atoms with van der Waals surface area (Å²) in [5.41, 5.74) is 0.605. The van der Waals surface area contributed by atoms with Gasteiger partial charge in [0.05, 0.1) is 6.04 Å². The van der Waals surface area contributed by atoms with Crippen LogP contribution < -0.4 is 10.6 Å². The molecule has 0 bridgehead atoms. The van der Waals surface area contributed by atoms with Gasteiger partial charge >= 0.3 is 6.09 Å².